The summed E-state index contributed by atoms with van der Waals surface area (Å²) >= 11 is 12.5. The van der Waals surface area contributed by atoms with E-state index < -0.39 is 11.0 Å². The second-order valence-electron chi connectivity index (χ2n) is 6.81. The zero-order chi connectivity index (χ0) is 19.7. The van der Waals surface area contributed by atoms with Gasteiger partial charge in [0.05, 0.1) is 0 Å². The Bertz CT molecular complexity index is 855. The number of benzene rings is 1. The number of halogens is 2. The van der Waals surface area contributed by atoms with Crippen molar-refractivity contribution in [3.8, 4) is 0 Å². The summed E-state index contributed by atoms with van der Waals surface area (Å²) in [5, 5.41) is 23.0. The fraction of sp³-hybridized carbons (Fsp3) is 0.500. The van der Waals surface area contributed by atoms with Crippen LogP contribution in [0.1, 0.15) is 36.3 Å². The molecule has 0 spiro atoms. The van der Waals surface area contributed by atoms with Crippen LogP contribution in [0.5, 0.6) is 0 Å². The predicted octanol–water partition coefficient (Wildman–Crippen LogP) is 3.78. The smallest absolute Gasteiger partial charge is 0.342 e. The number of imidazole rings is 1. The lowest BCUT2D eigenvalue weighted by Crippen LogP contribution is -2.41. The molecule has 1 aliphatic heterocycles. The lowest BCUT2D eigenvalue weighted by atomic mass is 9.90. The third-order valence-electron chi connectivity index (χ3n) is 5.09. The Morgan fingerprint density at radius 2 is 2.15 bits per heavy atom. The highest BCUT2D eigenvalue weighted by molar-refractivity contribution is 6.35. The molecule has 0 aliphatic carbocycles. The van der Waals surface area contributed by atoms with Crippen LogP contribution in [0.4, 0.5) is 5.82 Å². The second-order valence-corrected chi connectivity index (χ2v) is 7.65. The van der Waals surface area contributed by atoms with E-state index in [0.29, 0.717) is 22.4 Å². The van der Waals surface area contributed by atoms with E-state index >= 15 is 0 Å². The molecule has 2 heterocycles. The lowest BCUT2D eigenvalue weighted by molar-refractivity contribution is -0.392. The quantitative estimate of drug-likeness (QED) is 0.576. The highest BCUT2D eigenvalue weighted by Gasteiger charge is 2.30. The number of rotatable bonds is 6. The summed E-state index contributed by atoms with van der Waals surface area (Å²) in [5.74, 6) is 0.400. The fourth-order valence-corrected chi connectivity index (χ4v) is 4.46. The summed E-state index contributed by atoms with van der Waals surface area (Å²) in [4.78, 5) is 16.8. The molecule has 2 atom stereocenters. The Labute approximate surface area is 167 Å². The summed E-state index contributed by atoms with van der Waals surface area (Å²) in [7, 11) is 0. The third kappa shape index (κ3) is 4.11. The zero-order valence-corrected chi connectivity index (χ0v) is 16.7. The number of aromatic nitrogens is 2. The van der Waals surface area contributed by atoms with Gasteiger partial charge in [0, 0.05) is 36.1 Å². The first-order valence-electron chi connectivity index (χ1n) is 8.88. The highest BCUT2D eigenvalue weighted by Crippen LogP contribution is 2.37. The number of fused-ring (bicyclic) bond motifs is 1. The van der Waals surface area contributed by atoms with E-state index in [9.17, 15) is 15.2 Å². The van der Waals surface area contributed by atoms with Crippen LogP contribution in [-0.2, 0) is 13.0 Å². The molecule has 1 aliphatic rings. The topological polar surface area (TPSA) is 84.4 Å². The van der Waals surface area contributed by atoms with E-state index in [2.05, 4.69) is 16.8 Å². The van der Waals surface area contributed by atoms with Crippen molar-refractivity contribution in [1.82, 2.24) is 14.5 Å². The summed E-state index contributed by atoms with van der Waals surface area (Å²) in [6.07, 6.45) is 2.08. The van der Waals surface area contributed by atoms with E-state index in [1.54, 1.807) is 13.0 Å². The third-order valence-corrected chi connectivity index (χ3v) is 5.65. The number of hydrogen-bond acceptors (Lipinski definition) is 5. The van der Waals surface area contributed by atoms with E-state index in [1.807, 2.05) is 6.07 Å². The minimum absolute atomic E-state index is 0.0958. The Morgan fingerprint density at radius 3 is 2.81 bits per heavy atom. The largest absolute Gasteiger partial charge is 0.388 e. The second kappa shape index (κ2) is 8.14. The first-order valence-corrected chi connectivity index (χ1v) is 9.63. The fourth-order valence-electron chi connectivity index (χ4n) is 3.86. The summed E-state index contributed by atoms with van der Waals surface area (Å²) in [6, 6.07) is 3.80. The van der Waals surface area contributed by atoms with E-state index in [-0.39, 0.29) is 18.4 Å². The first-order chi connectivity index (χ1) is 12.8. The Hall–Kier alpha value is -1.67. The van der Waals surface area contributed by atoms with Crippen molar-refractivity contribution in [2.45, 2.75) is 45.4 Å². The van der Waals surface area contributed by atoms with Gasteiger partial charge in [0.2, 0.25) is 0 Å². The molecule has 0 fully saturated rings. The molecule has 146 valence electrons. The maximum atomic E-state index is 11.1. The SMILES string of the molecule is CCC1c2cc(Cl)cc(Cl)c2CCN1CC(O)Cn1c([N+](=O)[O-])cnc1C. The van der Waals surface area contributed by atoms with Gasteiger partial charge in [-0.15, -0.1) is 0 Å². The molecule has 2 unspecified atom stereocenters. The molecule has 3 rings (SSSR count). The highest BCUT2D eigenvalue weighted by atomic mass is 35.5. The van der Waals surface area contributed by atoms with E-state index in [1.165, 1.54) is 10.8 Å². The minimum Gasteiger partial charge on any atom is -0.388 e. The molecule has 7 nitrogen and oxygen atoms in total. The Morgan fingerprint density at radius 1 is 1.41 bits per heavy atom. The van der Waals surface area contributed by atoms with Crippen molar-refractivity contribution in [3.05, 3.63) is 55.4 Å². The predicted molar refractivity (Wildman–Crippen MR) is 104 cm³/mol. The van der Waals surface area contributed by atoms with Crippen molar-refractivity contribution in [2.24, 2.45) is 0 Å². The van der Waals surface area contributed by atoms with Crippen molar-refractivity contribution in [1.29, 1.82) is 0 Å². The van der Waals surface area contributed by atoms with Crippen LogP contribution in [0.3, 0.4) is 0 Å². The van der Waals surface area contributed by atoms with Crippen molar-refractivity contribution < 1.29 is 10.0 Å². The molecule has 2 aromatic rings. The Balaban J connectivity index is 1.77. The Kier molecular flexibility index (Phi) is 6.05. The molecule has 0 radical (unpaired) electrons. The van der Waals surface area contributed by atoms with Gasteiger partial charge in [-0.3, -0.25) is 4.90 Å². The molecule has 9 heteroatoms. The van der Waals surface area contributed by atoms with Gasteiger partial charge in [-0.1, -0.05) is 30.1 Å². The molecule has 0 saturated heterocycles. The summed E-state index contributed by atoms with van der Waals surface area (Å²) < 4.78 is 1.44. The monoisotopic (exact) mass is 412 g/mol. The van der Waals surface area contributed by atoms with Crippen molar-refractivity contribution in [3.63, 3.8) is 0 Å². The van der Waals surface area contributed by atoms with Gasteiger partial charge in [0.1, 0.15) is 18.8 Å². The molecule has 1 aromatic carbocycles. The number of aliphatic hydroxyl groups is 1. The standard InChI is InChI=1S/C18H22Cl2N4O3/c1-3-17-15-6-12(19)7-16(20)14(15)4-5-22(17)9-13(25)10-23-11(2)21-8-18(23)24(26)27/h6-8,13,17,25H,3-5,9-10H2,1-2H3. The molecule has 0 amide bonds. The molecular formula is C18H22Cl2N4O3. The van der Waals surface area contributed by atoms with Crippen LogP contribution in [0, 0.1) is 17.0 Å². The molecule has 1 N–H and O–H groups in total. The molecular weight excluding hydrogens is 391 g/mol. The van der Waals surface area contributed by atoms with Gasteiger partial charge in [-0.25, -0.2) is 9.55 Å². The number of aliphatic hydroxyl groups excluding tert-OH is 1. The lowest BCUT2D eigenvalue weighted by Gasteiger charge is -2.38. The molecule has 0 bridgehead atoms. The van der Waals surface area contributed by atoms with Gasteiger partial charge < -0.3 is 15.2 Å². The average molecular weight is 413 g/mol. The summed E-state index contributed by atoms with van der Waals surface area (Å²) in [6.45, 7) is 5.05. The van der Waals surface area contributed by atoms with Gasteiger partial charge in [0.15, 0.2) is 5.82 Å². The number of hydrogen-bond donors (Lipinski definition) is 1. The van der Waals surface area contributed by atoms with E-state index in [0.717, 1.165) is 30.5 Å². The first kappa shape index (κ1) is 20.1. The molecule has 1 aromatic heterocycles. The van der Waals surface area contributed by atoms with Crippen LogP contribution < -0.4 is 0 Å². The normalized spacial score (nSPS) is 18.3. The van der Waals surface area contributed by atoms with Crippen LogP contribution in [0.15, 0.2) is 18.3 Å². The van der Waals surface area contributed by atoms with Gasteiger partial charge in [-0.05, 0) is 41.0 Å². The van der Waals surface area contributed by atoms with Crippen LogP contribution >= 0.6 is 23.2 Å². The van der Waals surface area contributed by atoms with E-state index in [4.69, 9.17) is 23.2 Å². The zero-order valence-electron chi connectivity index (χ0n) is 15.2. The van der Waals surface area contributed by atoms with Crippen LogP contribution in [0.2, 0.25) is 10.0 Å². The number of nitrogens with zero attached hydrogens (tertiary/aromatic N) is 4. The molecule has 0 saturated carbocycles. The van der Waals surface area contributed by atoms with Gasteiger partial charge in [-0.2, -0.15) is 0 Å². The van der Waals surface area contributed by atoms with Crippen molar-refractivity contribution in [2.75, 3.05) is 13.1 Å². The summed E-state index contributed by atoms with van der Waals surface area (Å²) in [5.41, 5.74) is 2.21. The van der Waals surface area contributed by atoms with Gasteiger partial charge >= 0.3 is 5.82 Å². The van der Waals surface area contributed by atoms with Crippen LogP contribution in [0.25, 0.3) is 0 Å². The van der Waals surface area contributed by atoms with Crippen LogP contribution in [-0.4, -0.2) is 43.7 Å². The maximum absolute atomic E-state index is 11.1. The molecule has 27 heavy (non-hydrogen) atoms. The number of aryl methyl sites for hydroxylation is 1. The van der Waals surface area contributed by atoms with Gasteiger partial charge in [0.25, 0.3) is 0 Å². The number of nitro groups is 1. The minimum atomic E-state index is -0.762. The maximum Gasteiger partial charge on any atom is 0.342 e. The van der Waals surface area contributed by atoms with Crippen molar-refractivity contribution >= 4 is 29.0 Å². The average Bonchev–Trinajstić information content (AvgIpc) is 2.95. The number of β-amino-alcohol motifs (C(OH)–C–C–N with tert-alkyl or cyclic N) is 1.